The lowest BCUT2D eigenvalue weighted by Crippen LogP contribution is -2.47. The maximum absolute atomic E-state index is 12.4. The SMILES string of the molecule is Cc1sc2ncnc(S[C@H](C)C(=O)NC(=O)NC3CCCCC3)c2c1C. The van der Waals surface area contributed by atoms with Gasteiger partial charge in [0.25, 0.3) is 0 Å². The Morgan fingerprint density at radius 1 is 1.23 bits per heavy atom. The molecule has 26 heavy (non-hydrogen) atoms. The van der Waals surface area contributed by atoms with Crippen LogP contribution in [0, 0.1) is 13.8 Å². The molecule has 1 aliphatic carbocycles. The fourth-order valence-electron chi connectivity index (χ4n) is 3.14. The maximum Gasteiger partial charge on any atom is 0.321 e. The molecule has 0 aliphatic heterocycles. The third-order valence-corrected chi connectivity index (χ3v) is 6.98. The van der Waals surface area contributed by atoms with E-state index < -0.39 is 11.3 Å². The number of amides is 3. The maximum atomic E-state index is 12.4. The number of fused-ring (bicyclic) bond motifs is 1. The van der Waals surface area contributed by atoms with E-state index in [1.54, 1.807) is 18.3 Å². The summed E-state index contributed by atoms with van der Waals surface area (Å²) >= 11 is 2.99. The van der Waals surface area contributed by atoms with Crippen molar-refractivity contribution in [1.82, 2.24) is 20.6 Å². The molecule has 1 aliphatic rings. The molecule has 1 saturated carbocycles. The normalized spacial score (nSPS) is 16.4. The summed E-state index contributed by atoms with van der Waals surface area (Å²) in [5.74, 6) is -0.306. The van der Waals surface area contributed by atoms with Crippen LogP contribution in [0.25, 0.3) is 10.2 Å². The Labute approximate surface area is 161 Å². The Balaban J connectivity index is 1.61. The Morgan fingerprint density at radius 2 is 1.96 bits per heavy atom. The molecule has 2 heterocycles. The van der Waals surface area contributed by atoms with Gasteiger partial charge in [-0.1, -0.05) is 31.0 Å². The zero-order chi connectivity index (χ0) is 18.7. The molecular weight excluding hydrogens is 368 g/mol. The number of hydrogen-bond acceptors (Lipinski definition) is 6. The minimum Gasteiger partial charge on any atom is -0.335 e. The van der Waals surface area contributed by atoms with Crippen molar-refractivity contribution in [2.45, 2.75) is 69.2 Å². The van der Waals surface area contributed by atoms with Gasteiger partial charge in [0.15, 0.2) is 0 Å². The molecule has 3 rings (SSSR count). The second kappa shape index (κ2) is 8.35. The molecule has 0 bridgehead atoms. The summed E-state index contributed by atoms with van der Waals surface area (Å²) in [6.45, 7) is 5.89. The first kappa shape index (κ1) is 19.1. The predicted molar refractivity (Wildman–Crippen MR) is 106 cm³/mol. The van der Waals surface area contributed by atoms with Crippen molar-refractivity contribution in [3.63, 3.8) is 0 Å². The zero-order valence-electron chi connectivity index (χ0n) is 15.3. The molecule has 0 unspecified atom stereocenters. The highest BCUT2D eigenvalue weighted by Crippen LogP contribution is 2.35. The second-order valence-corrected chi connectivity index (χ2v) is 9.23. The molecule has 1 fully saturated rings. The number of carbonyl (C=O) groups excluding carboxylic acids is 2. The van der Waals surface area contributed by atoms with Crippen LogP contribution in [0.15, 0.2) is 11.4 Å². The van der Waals surface area contributed by atoms with Crippen LogP contribution >= 0.6 is 23.1 Å². The zero-order valence-corrected chi connectivity index (χ0v) is 16.9. The van der Waals surface area contributed by atoms with E-state index in [2.05, 4.69) is 27.5 Å². The summed E-state index contributed by atoms with van der Waals surface area (Å²) in [6, 6.07) is -0.220. The van der Waals surface area contributed by atoms with Gasteiger partial charge in [0.1, 0.15) is 16.2 Å². The van der Waals surface area contributed by atoms with Crippen LogP contribution in [0.2, 0.25) is 0 Å². The first-order chi connectivity index (χ1) is 12.5. The molecule has 0 radical (unpaired) electrons. The van der Waals surface area contributed by atoms with Crippen LogP contribution in [-0.2, 0) is 4.79 Å². The minimum absolute atomic E-state index is 0.178. The molecule has 6 nitrogen and oxygen atoms in total. The van der Waals surface area contributed by atoms with Crippen molar-refractivity contribution in [2.24, 2.45) is 0 Å². The van der Waals surface area contributed by atoms with Gasteiger partial charge >= 0.3 is 6.03 Å². The van der Waals surface area contributed by atoms with Crippen LogP contribution in [-0.4, -0.2) is 33.2 Å². The number of aromatic nitrogens is 2. The molecule has 0 saturated heterocycles. The Kier molecular flexibility index (Phi) is 6.13. The Morgan fingerprint density at radius 3 is 2.69 bits per heavy atom. The number of thioether (sulfide) groups is 1. The lowest BCUT2D eigenvalue weighted by Gasteiger charge is -2.23. The van der Waals surface area contributed by atoms with Gasteiger partial charge in [0, 0.05) is 16.3 Å². The highest BCUT2D eigenvalue weighted by atomic mass is 32.2. The van der Waals surface area contributed by atoms with Gasteiger partial charge in [0.05, 0.1) is 5.25 Å². The van der Waals surface area contributed by atoms with Gasteiger partial charge in [0.2, 0.25) is 5.91 Å². The molecule has 3 amide bonds. The highest BCUT2D eigenvalue weighted by molar-refractivity contribution is 8.00. The molecule has 2 aromatic heterocycles. The predicted octanol–water partition coefficient (Wildman–Crippen LogP) is 3.95. The van der Waals surface area contributed by atoms with Gasteiger partial charge in [-0.25, -0.2) is 14.8 Å². The largest absolute Gasteiger partial charge is 0.335 e. The summed E-state index contributed by atoms with van der Waals surface area (Å²) in [6.07, 6.45) is 6.99. The third kappa shape index (κ3) is 4.35. The molecular formula is C18H24N4O2S2. The van der Waals surface area contributed by atoms with Gasteiger partial charge in [-0.2, -0.15) is 0 Å². The van der Waals surface area contributed by atoms with Crippen LogP contribution in [0.5, 0.6) is 0 Å². The van der Waals surface area contributed by atoms with E-state index in [9.17, 15) is 9.59 Å². The van der Waals surface area contributed by atoms with Crippen LogP contribution < -0.4 is 10.6 Å². The fourth-order valence-corrected chi connectivity index (χ4v) is 5.18. The fraction of sp³-hybridized carbons (Fsp3) is 0.556. The molecule has 2 N–H and O–H groups in total. The van der Waals surface area contributed by atoms with Gasteiger partial charge in [-0.15, -0.1) is 11.3 Å². The number of carbonyl (C=O) groups is 2. The third-order valence-electron chi connectivity index (χ3n) is 4.77. The van der Waals surface area contributed by atoms with E-state index in [0.29, 0.717) is 0 Å². The van der Waals surface area contributed by atoms with Crippen LogP contribution in [0.1, 0.15) is 49.5 Å². The molecule has 0 aromatic carbocycles. The average molecular weight is 393 g/mol. The molecule has 1 atom stereocenters. The van der Waals surface area contributed by atoms with Crippen molar-refractivity contribution in [3.8, 4) is 0 Å². The number of aryl methyl sites for hydroxylation is 2. The Bertz CT molecular complexity index is 815. The topological polar surface area (TPSA) is 84.0 Å². The highest BCUT2D eigenvalue weighted by Gasteiger charge is 2.22. The van der Waals surface area contributed by atoms with Crippen molar-refractivity contribution in [1.29, 1.82) is 0 Å². The second-order valence-electron chi connectivity index (χ2n) is 6.70. The summed E-state index contributed by atoms with van der Waals surface area (Å²) in [7, 11) is 0. The number of nitrogens with one attached hydrogen (secondary N) is 2. The van der Waals surface area contributed by atoms with Crippen molar-refractivity contribution < 1.29 is 9.59 Å². The Hall–Kier alpha value is -1.67. The monoisotopic (exact) mass is 392 g/mol. The molecule has 8 heteroatoms. The van der Waals surface area contributed by atoms with E-state index in [-0.39, 0.29) is 11.9 Å². The van der Waals surface area contributed by atoms with Gasteiger partial charge in [-0.3, -0.25) is 10.1 Å². The number of thiophene rings is 1. The molecule has 2 aromatic rings. The summed E-state index contributed by atoms with van der Waals surface area (Å²) in [5, 5.41) is 6.74. The van der Waals surface area contributed by atoms with Gasteiger partial charge in [-0.05, 0) is 39.2 Å². The minimum atomic E-state index is -0.426. The van der Waals surface area contributed by atoms with Crippen molar-refractivity contribution in [3.05, 3.63) is 16.8 Å². The number of rotatable bonds is 4. The first-order valence-corrected chi connectivity index (χ1v) is 10.6. The van der Waals surface area contributed by atoms with E-state index in [1.807, 2.05) is 6.92 Å². The lowest BCUT2D eigenvalue weighted by atomic mass is 9.96. The van der Waals surface area contributed by atoms with Crippen LogP contribution in [0.3, 0.4) is 0 Å². The number of hydrogen-bond donors (Lipinski definition) is 2. The van der Waals surface area contributed by atoms with Crippen LogP contribution in [0.4, 0.5) is 4.79 Å². The smallest absolute Gasteiger partial charge is 0.321 e. The standard InChI is InChI=1S/C18H24N4O2S2/c1-10-11(2)25-16-14(10)17(20-9-19-16)26-12(3)15(23)22-18(24)21-13-7-5-4-6-8-13/h9,12-13H,4-8H2,1-3H3,(H2,21,22,23,24)/t12-/m1/s1. The van der Waals surface area contributed by atoms with E-state index >= 15 is 0 Å². The molecule has 0 spiro atoms. The van der Waals surface area contributed by atoms with Gasteiger partial charge < -0.3 is 5.32 Å². The lowest BCUT2D eigenvalue weighted by molar-refractivity contribution is -0.119. The van der Waals surface area contributed by atoms with Crippen molar-refractivity contribution >= 4 is 45.3 Å². The first-order valence-electron chi connectivity index (χ1n) is 8.94. The van der Waals surface area contributed by atoms with E-state index in [0.717, 1.165) is 46.5 Å². The quantitative estimate of drug-likeness (QED) is 0.608. The number of nitrogens with zero attached hydrogens (tertiary/aromatic N) is 2. The van der Waals surface area contributed by atoms with Crippen molar-refractivity contribution in [2.75, 3.05) is 0 Å². The molecule has 140 valence electrons. The number of imide groups is 1. The summed E-state index contributed by atoms with van der Waals surface area (Å²) < 4.78 is 0. The number of urea groups is 1. The summed E-state index contributed by atoms with van der Waals surface area (Å²) in [4.78, 5) is 35.3. The summed E-state index contributed by atoms with van der Waals surface area (Å²) in [5.41, 5.74) is 1.15. The van der Waals surface area contributed by atoms with E-state index in [4.69, 9.17) is 0 Å². The average Bonchev–Trinajstić information content (AvgIpc) is 2.91. The van der Waals surface area contributed by atoms with E-state index in [1.165, 1.54) is 29.4 Å².